The fourth-order valence-electron chi connectivity index (χ4n) is 3.56. The standard InChI is InChI=1S/C24H32N2O4/c1-5-29-21-9-6-19(7-10-21)17-25-12-14-26(15-13-25)24(27)20-8-11-22(30-18(2)3)23(16-20)28-4/h6-11,16,18H,5,12-15,17H2,1-4H3. The zero-order chi connectivity index (χ0) is 21.5. The molecular formula is C24H32N2O4. The maximum absolute atomic E-state index is 13.0. The van der Waals surface area contributed by atoms with E-state index in [1.807, 2.05) is 49.9 Å². The van der Waals surface area contributed by atoms with Gasteiger partial charge in [0.25, 0.3) is 5.91 Å². The third-order valence-electron chi connectivity index (χ3n) is 5.07. The Kier molecular flexibility index (Phi) is 7.57. The number of amides is 1. The number of benzene rings is 2. The Morgan fingerprint density at radius 2 is 1.70 bits per heavy atom. The van der Waals surface area contributed by atoms with Gasteiger partial charge in [-0.25, -0.2) is 0 Å². The summed E-state index contributed by atoms with van der Waals surface area (Å²) in [5.41, 5.74) is 1.88. The molecule has 30 heavy (non-hydrogen) atoms. The van der Waals surface area contributed by atoms with Gasteiger partial charge >= 0.3 is 0 Å². The van der Waals surface area contributed by atoms with Crippen molar-refractivity contribution in [2.75, 3.05) is 39.9 Å². The molecule has 1 fully saturated rings. The minimum absolute atomic E-state index is 0.0325. The number of methoxy groups -OCH3 is 1. The first-order valence-corrected chi connectivity index (χ1v) is 10.6. The van der Waals surface area contributed by atoms with E-state index in [9.17, 15) is 4.79 Å². The van der Waals surface area contributed by atoms with Gasteiger partial charge in [0.1, 0.15) is 5.75 Å². The second-order valence-electron chi connectivity index (χ2n) is 7.68. The van der Waals surface area contributed by atoms with Crippen LogP contribution in [0.15, 0.2) is 42.5 Å². The van der Waals surface area contributed by atoms with Crippen LogP contribution in [0.25, 0.3) is 0 Å². The van der Waals surface area contributed by atoms with Crippen molar-refractivity contribution in [3.63, 3.8) is 0 Å². The first-order valence-electron chi connectivity index (χ1n) is 10.6. The molecule has 1 aliphatic heterocycles. The Labute approximate surface area is 179 Å². The predicted octanol–water partition coefficient (Wildman–Crippen LogP) is 3.84. The molecule has 162 valence electrons. The van der Waals surface area contributed by atoms with Crippen LogP contribution in [0.2, 0.25) is 0 Å². The van der Waals surface area contributed by atoms with Crippen LogP contribution in [0, 0.1) is 0 Å². The molecule has 0 unspecified atom stereocenters. The second-order valence-corrected chi connectivity index (χ2v) is 7.68. The highest BCUT2D eigenvalue weighted by Crippen LogP contribution is 2.29. The number of nitrogens with zero attached hydrogens (tertiary/aromatic N) is 2. The number of ether oxygens (including phenoxy) is 3. The van der Waals surface area contributed by atoms with Gasteiger partial charge in [0.05, 0.1) is 19.8 Å². The van der Waals surface area contributed by atoms with Crippen LogP contribution in [0.5, 0.6) is 17.2 Å². The highest BCUT2D eigenvalue weighted by atomic mass is 16.5. The van der Waals surface area contributed by atoms with Gasteiger partial charge in [-0.1, -0.05) is 12.1 Å². The summed E-state index contributed by atoms with van der Waals surface area (Å²) in [6.07, 6.45) is 0.0453. The van der Waals surface area contributed by atoms with Crippen LogP contribution in [0.1, 0.15) is 36.7 Å². The summed E-state index contributed by atoms with van der Waals surface area (Å²) in [5, 5.41) is 0. The third-order valence-corrected chi connectivity index (χ3v) is 5.07. The van der Waals surface area contributed by atoms with E-state index in [4.69, 9.17) is 14.2 Å². The quantitative estimate of drug-likeness (QED) is 0.659. The fourth-order valence-corrected chi connectivity index (χ4v) is 3.56. The molecule has 1 saturated heterocycles. The molecule has 0 bridgehead atoms. The lowest BCUT2D eigenvalue weighted by atomic mass is 10.1. The van der Waals surface area contributed by atoms with Crippen molar-refractivity contribution in [2.45, 2.75) is 33.4 Å². The van der Waals surface area contributed by atoms with Crippen molar-refractivity contribution in [2.24, 2.45) is 0 Å². The van der Waals surface area contributed by atoms with Gasteiger partial charge < -0.3 is 19.1 Å². The molecule has 1 aliphatic rings. The van der Waals surface area contributed by atoms with Crippen molar-refractivity contribution in [1.29, 1.82) is 0 Å². The Morgan fingerprint density at radius 3 is 2.30 bits per heavy atom. The molecule has 2 aromatic rings. The van der Waals surface area contributed by atoms with Gasteiger partial charge in [-0.2, -0.15) is 0 Å². The normalized spacial score (nSPS) is 14.6. The highest BCUT2D eigenvalue weighted by molar-refractivity contribution is 5.95. The molecule has 0 saturated carbocycles. The van der Waals surface area contributed by atoms with Crippen molar-refractivity contribution >= 4 is 5.91 Å². The topological polar surface area (TPSA) is 51.2 Å². The first-order chi connectivity index (χ1) is 14.5. The van der Waals surface area contributed by atoms with Crippen LogP contribution >= 0.6 is 0 Å². The van der Waals surface area contributed by atoms with E-state index in [0.29, 0.717) is 36.8 Å². The van der Waals surface area contributed by atoms with E-state index in [2.05, 4.69) is 17.0 Å². The lowest BCUT2D eigenvalue weighted by Gasteiger charge is -2.35. The van der Waals surface area contributed by atoms with E-state index in [1.165, 1.54) is 5.56 Å². The van der Waals surface area contributed by atoms with Crippen LogP contribution in [-0.4, -0.2) is 61.7 Å². The number of hydrogen-bond acceptors (Lipinski definition) is 5. The number of rotatable bonds is 8. The molecule has 0 atom stereocenters. The monoisotopic (exact) mass is 412 g/mol. The summed E-state index contributed by atoms with van der Waals surface area (Å²) in [5.74, 6) is 2.18. The summed E-state index contributed by atoms with van der Waals surface area (Å²) in [4.78, 5) is 17.2. The molecule has 1 heterocycles. The van der Waals surface area contributed by atoms with Crippen molar-refractivity contribution < 1.29 is 19.0 Å². The van der Waals surface area contributed by atoms with Gasteiger partial charge in [-0.05, 0) is 56.7 Å². The average Bonchev–Trinajstić information content (AvgIpc) is 2.75. The first kappa shape index (κ1) is 22.0. The lowest BCUT2D eigenvalue weighted by molar-refractivity contribution is 0.0628. The molecular weight excluding hydrogens is 380 g/mol. The number of carbonyl (C=O) groups is 1. The third kappa shape index (κ3) is 5.66. The van der Waals surface area contributed by atoms with Crippen LogP contribution in [0.3, 0.4) is 0 Å². The number of piperazine rings is 1. The molecule has 0 aromatic heterocycles. The van der Waals surface area contributed by atoms with E-state index in [-0.39, 0.29) is 12.0 Å². The molecule has 0 spiro atoms. The van der Waals surface area contributed by atoms with Crippen molar-refractivity contribution in [3.8, 4) is 17.2 Å². The summed E-state index contributed by atoms with van der Waals surface area (Å²) < 4.78 is 16.7. The molecule has 0 radical (unpaired) electrons. The van der Waals surface area contributed by atoms with E-state index >= 15 is 0 Å². The van der Waals surface area contributed by atoms with Crippen molar-refractivity contribution in [3.05, 3.63) is 53.6 Å². The Morgan fingerprint density at radius 1 is 1.00 bits per heavy atom. The number of hydrogen-bond donors (Lipinski definition) is 0. The Hall–Kier alpha value is -2.73. The summed E-state index contributed by atoms with van der Waals surface area (Å²) in [6.45, 7) is 10.6. The van der Waals surface area contributed by atoms with Gasteiger partial charge in [0.15, 0.2) is 11.5 Å². The smallest absolute Gasteiger partial charge is 0.254 e. The van der Waals surface area contributed by atoms with Crippen molar-refractivity contribution in [1.82, 2.24) is 9.80 Å². The largest absolute Gasteiger partial charge is 0.494 e. The zero-order valence-corrected chi connectivity index (χ0v) is 18.4. The minimum Gasteiger partial charge on any atom is -0.494 e. The summed E-state index contributed by atoms with van der Waals surface area (Å²) in [6, 6.07) is 13.6. The molecule has 2 aromatic carbocycles. The number of carbonyl (C=O) groups excluding carboxylic acids is 1. The van der Waals surface area contributed by atoms with E-state index < -0.39 is 0 Å². The summed E-state index contributed by atoms with van der Waals surface area (Å²) >= 11 is 0. The molecule has 6 nitrogen and oxygen atoms in total. The average molecular weight is 413 g/mol. The second kappa shape index (κ2) is 10.3. The van der Waals surface area contributed by atoms with Crippen LogP contribution in [-0.2, 0) is 6.54 Å². The van der Waals surface area contributed by atoms with Crippen LogP contribution < -0.4 is 14.2 Å². The van der Waals surface area contributed by atoms with Crippen LogP contribution in [0.4, 0.5) is 0 Å². The lowest BCUT2D eigenvalue weighted by Crippen LogP contribution is -2.48. The van der Waals surface area contributed by atoms with Gasteiger partial charge in [0.2, 0.25) is 0 Å². The minimum atomic E-state index is 0.0325. The molecule has 3 rings (SSSR count). The van der Waals surface area contributed by atoms with E-state index in [0.717, 1.165) is 25.4 Å². The van der Waals surface area contributed by atoms with Gasteiger partial charge in [0, 0.05) is 38.3 Å². The maximum atomic E-state index is 13.0. The van der Waals surface area contributed by atoms with Gasteiger partial charge in [-0.15, -0.1) is 0 Å². The molecule has 6 heteroatoms. The van der Waals surface area contributed by atoms with Gasteiger partial charge in [-0.3, -0.25) is 9.69 Å². The maximum Gasteiger partial charge on any atom is 0.254 e. The highest BCUT2D eigenvalue weighted by Gasteiger charge is 2.23. The predicted molar refractivity (Wildman–Crippen MR) is 118 cm³/mol. The fraction of sp³-hybridized carbons (Fsp3) is 0.458. The van der Waals surface area contributed by atoms with E-state index in [1.54, 1.807) is 13.2 Å². The molecule has 0 N–H and O–H groups in total. The zero-order valence-electron chi connectivity index (χ0n) is 18.4. The Bertz CT molecular complexity index is 828. The summed E-state index contributed by atoms with van der Waals surface area (Å²) in [7, 11) is 1.59. The molecule has 0 aliphatic carbocycles. The Balaban J connectivity index is 1.56. The SMILES string of the molecule is CCOc1ccc(CN2CCN(C(=O)c3ccc(OC(C)C)c(OC)c3)CC2)cc1. The molecule has 1 amide bonds.